The van der Waals surface area contributed by atoms with E-state index in [4.69, 9.17) is 18.0 Å². The molecule has 4 nitrogen and oxygen atoms in total. The maximum absolute atomic E-state index is 12.9. The van der Waals surface area contributed by atoms with Crippen molar-refractivity contribution in [2.75, 3.05) is 6.54 Å². The Balaban J connectivity index is 2.48. The highest BCUT2D eigenvalue weighted by Gasteiger charge is 2.13. The molecule has 0 radical (unpaired) electrons. The van der Waals surface area contributed by atoms with Crippen molar-refractivity contribution in [3.8, 4) is 0 Å². The van der Waals surface area contributed by atoms with Gasteiger partial charge in [0.15, 0.2) is 0 Å². The van der Waals surface area contributed by atoms with Gasteiger partial charge < -0.3 is 5.73 Å². The maximum atomic E-state index is 12.9. The van der Waals surface area contributed by atoms with E-state index in [9.17, 15) is 12.8 Å². The van der Waals surface area contributed by atoms with Crippen molar-refractivity contribution in [2.45, 2.75) is 24.2 Å². The molecule has 0 saturated heterocycles. The van der Waals surface area contributed by atoms with Crippen molar-refractivity contribution in [3.05, 3.63) is 30.1 Å². The van der Waals surface area contributed by atoms with Crippen LogP contribution in [0.1, 0.15) is 19.3 Å². The number of nitrogens with two attached hydrogens (primary N) is 1. The minimum atomic E-state index is -3.64. The molecule has 7 heteroatoms. The fraction of sp³-hybridized carbons (Fsp3) is 0.364. The molecule has 0 spiro atoms. The van der Waals surface area contributed by atoms with Gasteiger partial charge in [-0.25, -0.2) is 17.5 Å². The zero-order valence-electron chi connectivity index (χ0n) is 9.73. The number of unbranched alkanes of at least 4 members (excludes halogenated alkanes) is 1. The van der Waals surface area contributed by atoms with E-state index in [1.807, 2.05) is 0 Å². The van der Waals surface area contributed by atoms with E-state index in [0.29, 0.717) is 17.8 Å². The molecule has 3 N–H and O–H groups in total. The van der Waals surface area contributed by atoms with Gasteiger partial charge in [0.05, 0.1) is 9.88 Å². The molecule has 0 amide bonds. The van der Waals surface area contributed by atoms with Gasteiger partial charge >= 0.3 is 0 Å². The predicted molar refractivity (Wildman–Crippen MR) is 72.2 cm³/mol. The molecule has 0 fully saturated rings. The SMILES string of the molecule is NC(=S)CCCCNS(=O)(=O)c1cccc(F)c1. The zero-order chi connectivity index (χ0) is 13.6. The highest BCUT2D eigenvalue weighted by Crippen LogP contribution is 2.10. The van der Waals surface area contributed by atoms with Crippen molar-refractivity contribution >= 4 is 27.2 Å². The summed E-state index contributed by atoms with van der Waals surface area (Å²) in [5.74, 6) is -0.577. The molecule has 18 heavy (non-hydrogen) atoms. The summed E-state index contributed by atoms with van der Waals surface area (Å²) in [6.45, 7) is 0.279. The summed E-state index contributed by atoms with van der Waals surface area (Å²) in [5.41, 5.74) is 5.32. The summed E-state index contributed by atoms with van der Waals surface area (Å²) in [7, 11) is -3.64. The second-order valence-corrected chi connectivity index (χ2v) is 6.07. The number of hydrogen-bond donors (Lipinski definition) is 2. The predicted octanol–water partition coefficient (Wildman–Crippen LogP) is 1.56. The van der Waals surface area contributed by atoms with E-state index in [1.54, 1.807) is 0 Å². The van der Waals surface area contributed by atoms with Gasteiger partial charge in [-0.3, -0.25) is 0 Å². The lowest BCUT2D eigenvalue weighted by molar-refractivity contribution is 0.574. The van der Waals surface area contributed by atoms with Gasteiger partial charge in [0.25, 0.3) is 0 Å². The fourth-order valence-corrected chi connectivity index (χ4v) is 2.60. The fourth-order valence-electron chi connectivity index (χ4n) is 1.35. The van der Waals surface area contributed by atoms with Crippen LogP contribution in [0.2, 0.25) is 0 Å². The van der Waals surface area contributed by atoms with Crippen LogP contribution in [0.3, 0.4) is 0 Å². The molecule has 0 aliphatic carbocycles. The Hall–Kier alpha value is -1.05. The monoisotopic (exact) mass is 290 g/mol. The molecule has 0 atom stereocenters. The van der Waals surface area contributed by atoms with Crippen LogP contribution in [-0.2, 0) is 10.0 Å². The van der Waals surface area contributed by atoms with E-state index in [2.05, 4.69) is 4.72 Å². The van der Waals surface area contributed by atoms with Crippen LogP contribution in [0.15, 0.2) is 29.2 Å². The van der Waals surface area contributed by atoms with Crippen LogP contribution in [0, 0.1) is 5.82 Å². The summed E-state index contributed by atoms with van der Waals surface area (Å²) in [6.07, 6.45) is 1.95. The Morgan fingerprint density at radius 3 is 2.72 bits per heavy atom. The second-order valence-electron chi connectivity index (χ2n) is 3.78. The van der Waals surface area contributed by atoms with E-state index in [-0.39, 0.29) is 11.4 Å². The molecule has 0 unspecified atom stereocenters. The third kappa shape index (κ3) is 5.07. The summed E-state index contributed by atoms with van der Waals surface area (Å²) in [5, 5.41) is 0. The Kier molecular flexibility index (Phi) is 5.64. The number of thiocarbonyl (C=S) groups is 1. The first kappa shape index (κ1) is 15.0. The van der Waals surface area contributed by atoms with Crippen molar-refractivity contribution in [1.29, 1.82) is 0 Å². The highest BCUT2D eigenvalue weighted by molar-refractivity contribution is 7.89. The number of hydrogen-bond acceptors (Lipinski definition) is 3. The van der Waals surface area contributed by atoms with Crippen LogP contribution in [0.25, 0.3) is 0 Å². The number of rotatable bonds is 7. The number of sulfonamides is 1. The van der Waals surface area contributed by atoms with E-state index in [1.165, 1.54) is 18.2 Å². The van der Waals surface area contributed by atoms with Crippen LogP contribution >= 0.6 is 12.2 Å². The van der Waals surface area contributed by atoms with Gasteiger partial charge in [-0.2, -0.15) is 0 Å². The average molecular weight is 290 g/mol. The van der Waals surface area contributed by atoms with Crippen molar-refractivity contribution < 1.29 is 12.8 Å². The van der Waals surface area contributed by atoms with Gasteiger partial charge in [-0.1, -0.05) is 18.3 Å². The Labute approximate surface area is 111 Å². The quantitative estimate of drug-likeness (QED) is 0.590. The zero-order valence-corrected chi connectivity index (χ0v) is 11.4. The van der Waals surface area contributed by atoms with Gasteiger partial charge in [-0.15, -0.1) is 0 Å². The summed E-state index contributed by atoms with van der Waals surface area (Å²) in [4.78, 5) is 0.347. The molecule has 0 aromatic heterocycles. The van der Waals surface area contributed by atoms with Crippen LogP contribution < -0.4 is 10.5 Å². The van der Waals surface area contributed by atoms with Crippen molar-refractivity contribution in [1.82, 2.24) is 4.72 Å². The first-order valence-corrected chi connectivity index (χ1v) is 7.34. The normalized spacial score (nSPS) is 11.4. The molecule has 0 bridgehead atoms. The second kappa shape index (κ2) is 6.77. The molecule has 1 rings (SSSR count). The molecule has 0 heterocycles. The lowest BCUT2D eigenvalue weighted by Gasteiger charge is -2.06. The number of halogens is 1. The molecule has 1 aromatic carbocycles. The van der Waals surface area contributed by atoms with E-state index in [0.717, 1.165) is 12.5 Å². The minimum Gasteiger partial charge on any atom is -0.393 e. The van der Waals surface area contributed by atoms with Crippen LogP contribution in [0.4, 0.5) is 4.39 Å². The Morgan fingerprint density at radius 1 is 1.39 bits per heavy atom. The molecular formula is C11H15FN2O2S2. The summed E-state index contributed by atoms with van der Waals surface area (Å²) < 4.78 is 38.8. The van der Waals surface area contributed by atoms with Crippen molar-refractivity contribution in [3.63, 3.8) is 0 Å². The van der Waals surface area contributed by atoms with Crippen molar-refractivity contribution in [2.24, 2.45) is 5.73 Å². The van der Waals surface area contributed by atoms with Gasteiger partial charge in [-0.05, 0) is 37.5 Å². The molecule has 0 saturated carbocycles. The average Bonchev–Trinajstić information content (AvgIpc) is 2.28. The largest absolute Gasteiger partial charge is 0.393 e. The third-order valence-corrected chi connectivity index (χ3v) is 3.91. The van der Waals surface area contributed by atoms with Gasteiger partial charge in [0.1, 0.15) is 5.82 Å². The third-order valence-electron chi connectivity index (χ3n) is 2.25. The topological polar surface area (TPSA) is 72.2 Å². The Bertz CT molecular complexity index is 518. The smallest absolute Gasteiger partial charge is 0.240 e. The van der Waals surface area contributed by atoms with E-state index < -0.39 is 15.8 Å². The standard InChI is InChI=1S/C11H15FN2O2S2/c12-9-4-3-5-10(8-9)18(15,16)14-7-2-1-6-11(13)17/h3-5,8,14H,1-2,6-7H2,(H2,13,17). The summed E-state index contributed by atoms with van der Waals surface area (Å²) >= 11 is 4.71. The molecule has 0 aliphatic heterocycles. The highest BCUT2D eigenvalue weighted by atomic mass is 32.2. The van der Waals surface area contributed by atoms with Crippen LogP contribution in [-0.4, -0.2) is 20.0 Å². The summed E-state index contributed by atoms with van der Waals surface area (Å²) in [6, 6.07) is 4.88. The van der Waals surface area contributed by atoms with Gasteiger partial charge in [0, 0.05) is 6.54 Å². The molecule has 0 aliphatic rings. The Morgan fingerprint density at radius 2 is 2.11 bits per heavy atom. The molecule has 100 valence electrons. The number of benzene rings is 1. The number of nitrogens with one attached hydrogen (secondary N) is 1. The first-order valence-electron chi connectivity index (χ1n) is 5.45. The lowest BCUT2D eigenvalue weighted by atomic mass is 10.2. The van der Waals surface area contributed by atoms with Gasteiger partial charge in [0.2, 0.25) is 10.0 Å². The lowest BCUT2D eigenvalue weighted by Crippen LogP contribution is -2.25. The minimum absolute atomic E-state index is 0.0724. The first-order chi connectivity index (χ1) is 8.42. The maximum Gasteiger partial charge on any atom is 0.240 e. The van der Waals surface area contributed by atoms with E-state index >= 15 is 0 Å². The molecule has 1 aromatic rings. The van der Waals surface area contributed by atoms with Crippen LogP contribution in [0.5, 0.6) is 0 Å². The molecular weight excluding hydrogens is 275 g/mol.